The van der Waals surface area contributed by atoms with Crippen molar-refractivity contribution in [2.24, 2.45) is 23.7 Å². The summed E-state index contributed by atoms with van der Waals surface area (Å²) in [6.45, 7) is 4.63. The highest BCUT2D eigenvalue weighted by atomic mass is 16.1. The minimum atomic E-state index is 0.419. The molecule has 0 aromatic rings. The van der Waals surface area contributed by atoms with Crippen LogP contribution in [0.1, 0.15) is 65.2 Å². The molecule has 2 atom stereocenters. The number of hydrogen-bond donors (Lipinski definition) is 0. The van der Waals surface area contributed by atoms with Crippen LogP contribution in [-0.2, 0) is 4.79 Å². The lowest BCUT2D eigenvalue weighted by atomic mass is 9.72. The maximum absolute atomic E-state index is 12.4. The van der Waals surface area contributed by atoms with Crippen molar-refractivity contribution < 1.29 is 4.79 Å². The molecular formula is C15H26O. The quantitative estimate of drug-likeness (QED) is 0.684. The van der Waals surface area contributed by atoms with Gasteiger partial charge in [0.05, 0.1) is 0 Å². The van der Waals surface area contributed by atoms with Crippen LogP contribution in [0.3, 0.4) is 0 Å². The molecule has 0 heterocycles. The summed E-state index contributed by atoms with van der Waals surface area (Å²) in [5, 5.41) is 0. The van der Waals surface area contributed by atoms with E-state index in [2.05, 4.69) is 13.8 Å². The third-order valence-corrected chi connectivity index (χ3v) is 4.76. The molecule has 0 bridgehead atoms. The number of carbonyl (C=O) groups excluding carboxylic acids is 1. The lowest BCUT2D eigenvalue weighted by molar-refractivity contribution is -0.129. The van der Waals surface area contributed by atoms with Gasteiger partial charge >= 0.3 is 0 Å². The molecule has 2 aliphatic rings. The minimum absolute atomic E-state index is 0.419. The Morgan fingerprint density at radius 3 is 2.12 bits per heavy atom. The second-order valence-electron chi connectivity index (χ2n) is 6.33. The first-order chi connectivity index (χ1) is 7.66. The average Bonchev–Trinajstić information content (AvgIpc) is 2.29. The van der Waals surface area contributed by atoms with Gasteiger partial charge in [-0.05, 0) is 37.5 Å². The van der Waals surface area contributed by atoms with E-state index in [4.69, 9.17) is 0 Å². The molecule has 2 fully saturated rings. The highest BCUT2D eigenvalue weighted by Crippen LogP contribution is 2.36. The van der Waals surface area contributed by atoms with Crippen LogP contribution >= 0.6 is 0 Å². The summed E-state index contributed by atoms with van der Waals surface area (Å²) < 4.78 is 0. The SMILES string of the molecule is CC1CCC(C(=O)C2CCCC(C)C2)CC1. The Balaban J connectivity index is 1.86. The number of hydrogen-bond acceptors (Lipinski definition) is 1. The molecule has 1 heteroatoms. The van der Waals surface area contributed by atoms with E-state index in [9.17, 15) is 4.79 Å². The normalized spacial score (nSPS) is 40.6. The molecule has 0 amide bonds. The van der Waals surface area contributed by atoms with Crippen molar-refractivity contribution in [3.05, 3.63) is 0 Å². The molecular weight excluding hydrogens is 196 g/mol. The molecule has 0 spiro atoms. The maximum atomic E-state index is 12.4. The fraction of sp³-hybridized carbons (Fsp3) is 0.933. The molecule has 0 aliphatic heterocycles. The smallest absolute Gasteiger partial charge is 0.139 e. The second-order valence-corrected chi connectivity index (χ2v) is 6.33. The lowest BCUT2D eigenvalue weighted by Gasteiger charge is -2.31. The maximum Gasteiger partial charge on any atom is 0.139 e. The molecule has 2 aliphatic carbocycles. The predicted octanol–water partition coefficient (Wildman–Crippen LogP) is 4.21. The van der Waals surface area contributed by atoms with Gasteiger partial charge in [0.1, 0.15) is 5.78 Å². The van der Waals surface area contributed by atoms with Crippen molar-refractivity contribution in [3.8, 4) is 0 Å². The van der Waals surface area contributed by atoms with Crippen LogP contribution in [-0.4, -0.2) is 5.78 Å². The van der Waals surface area contributed by atoms with Gasteiger partial charge in [0.2, 0.25) is 0 Å². The van der Waals surface area contributed by atoms with Crippen LogP contribution in [0.2, 0.25) is 0 Å². The van der Waals surface area contributed by atoms with E-state index in [0.29, 0.717) is 17.6 Å². The van der Waals surface area contributed by atoms with E-state index in [1.807, 2.05) is 0 Å². The zero-order valence-corrected chi connectivity index (χ0v) is 10.9. The number of Topliss-reactive ketones (excluding diaryl/α,β-unsaturated/α-hetero) is 1. The van der Waals surface area contributed by atoms with Gasteiger partial charge in [-0.1, -0.05) is 39.5 Å². The van der Waals surface area contributed by atoms with E-state index < -0.39 is 0 Å². The van der Waals surface area contributed by atoms with E-state index >= 15 is 0 Å². The predicted molar refractivity (Wildman–Crippen MR) is 67.3 cm³/mol. The molecule has 0 saturated heterocycles. The third kappa shape index (κ3) is 2.87. The number of ketones is 1. The summed E-state index contributed by atoms with van der Waals surface area (Å²) in [6.07, 6.45) is 9.86. The monoisotopic (exact) mass is 222 g/mol. The molecule has 2 rings (SSSR count). The Morgan fingerprint density at radius 2 is 1.50 bits per heavy atom. The van der Waals surface area contributed by atoms with E-state index in [1.54, 1.807) is 0 Å². The summed E-state index contributed by atoms with van der Waals surface area (Å²) in [5.74, 6) is 3.10. The Hall–Kier alpha value is -0.330. The molecule has 92 valence electrons. The molecule has 0 aromatic heterocycles. The van der Waals surface area contributed by atoms with Gasteiger partial charge in [-0.15, -0.1) is 0 Å². The highest BCUT2D eigenvalue weighted by Gasteiger charge is 2.31. The van der Waals surface area contributed by atoms with Crippen LogP contribution in [0.15, 0.2) is 0 Å². The van der Waals surface area contributed by atoms with Crippen molar-refractivity contribution in [1.29, 1.82) is 0 Å². The molecule has 1 nitrogen and oxygen atoms in total. The van der Waals surface area contributed by atoms with Crippen LogP contribution in [0, 0.1) is 23.7 Å². The molecule has 2 saturated carbocycles. The first-order valence-electron chi connectivity index (χ1n) is 7.20. The molecule has 0 radical (unpaired) electrons. The summed E-state index contributed by atoms with van der Waals surface area (Å²) in [7, 11) is 0. The standard InChI is InChI=1S/C15H26O/c1-11-6-8-13(9-7-11)15(16)14-5-3-4-12(2)10-14/h11-14H,3-10H2,1-2H3. The molecule has 16 heavy (non-hydrogen) atoms. The van der Waals surface area contributed by atoms with Gasteiger partial charge in [-0.2, -0.15) is 0 Å². The van der Waals surface area contributed by atoms with E-state index in [-0.39, 0.29) is 0 Å². The van der Waals surface area contributed by atoms with Crippen LogP contribution in [0.5, 0.6) is 0 Å². The zero-order chi connectivity index (χ0) is 11.5. The summed E-state index contributed by atoms with van der Waals surface area (Å²) >= 11 is 0. The average molecular weight is 222 g/mol. The number of rotatable bonds is 2. The topological polar surface area (TPSA) is 17.1 Å². The Labute approximate surface area is 100.0 Å². The molecule has 0 aromatic carbocycles. The highest BCUT2D eigenvalue weighted by molar-refractivity contribution is 5.83. The third-order valence-electron chi connectivity index (χ3n) is 4.76. The van der Waals surface area contributed by atoms with Gasteiger partial charge in [0.25, 0.3) is 0 Å². The largest absolute Gasteiger partial charge is 0.299 e. The van der Waals surface area contributed by atoms with Crippen molar-refractivity contribution in [2.75, 3.05) is 0 Å². The Morgan fingerprint density at radius 1 is 0.812 bits per heavy atom. The number of carbonyl (C=O) groups is 1. The Kier molecular flexibility index (Phi) is 4.05. The van der Waals surface area contributed by atoms with Gasteiger partial charge in [0.15, 0.2) is 0 Å². The van der Waals surface area contributed by atoms with Crippen molar-refractivity contribution >= 4 is 5.78 Å². The van der Waals surface area contributed by atoms with Crippen molar-refractivity contribution in [1.82, 2.24) is 0 Å². The van der Waals surface area contributed by atoms with Crippen LogP contribution in [0.4, 0.5) is 0 Å². The van der Waals surface area contributed by atoms with Crippen molar-refractivity contribution in [3.63, 3.8) is 0 Å². The van der Waals surface area contributed by atoms with Gasteiger partial charge in [0, 0.05) is 11.8 Å². The second kappa shape index (κ2) is 5.33. The van der Waals surface area contributed by atoms with Crippen LogP contribution < -0.4 is 0 Å². The van der Waals surface area contributed by atoms with Gasteiger partial charge < -0.3 is 0 Å². The summed E-state index contributed by atoms with van der Waals surface area (Å²) in [5.41, 5.74) is 0. The van der Waals surface area contributed by atoms with E-state index in [1.165, 1.54) is 51.4 Å². The lowest BCUT2D eigenvalue weighted by Crippen LogP contribution is -2.30. The fourth-order valence-electron chi connectivity index (χ4n) is 3.57. The molecule has 2 unspecified atom stereocenters. The molecule has 0 N–H and O–H groups in total. The van der Waals surface area contributed by atoms with Crippen LogP contribution in [0.25, 0.3) is 0 Å². The van der Waals surface area contributed by atoms with Gasteiger partial charge in [-0.25, -0.2) is 0 Å². The van der Waals surface area contributed by atoms with Gasteiger partial charge in [-0.3, -0.25) is 4.79 Å². The summed E-state index contributed by atoms with van der Waals surface area (Å²) in [4.78, 5) is 12.4. The van der Waals surface area contributed by atoms with E-state index in [0.717, 1.165) is 11.8 Å². The fourth-order valence-corrected chi connectivity index (χ4v) is 3.57. The first-order valence-corrected chi connectivity index (χ1v) is 7.20. The summed E-state index contributed by atoms with van der Waals surface area (Å²) in [6, 6.07) is 0. The Bertz CT molecular complexity index is 238. The zero-order valence-electron chi connectivity index (χ0n) is 10.9. The minimum Gasteiger partial charge on any atom is -0.299 e. The first kappa shape index (κ1) is 12.1. The van der Waals surface area contributed by atoms with Crippen molar-refractivity contribution in [2.45, 2.75) is 65.2 Å².